The maximum atomic E-state index is 7.15. The zero-order valence-corrected chi connectivity index (χ0v) is 9.57. The molecule has 2 nitrogen and oxygen atoms in total. The van der Waals surface area contributed by atoms with E-state index >= 15 is 0 Å². The summed E-state index contributed by atoms with van der Waals surface area (Å²) < 4.78 is 0. The van der Waals surface area contributed by atoms with Gasteiger partial charge in [-0.3, -0.25) is 0 Å². The predicted octanol–water partition coefficient (Wildman–Crippen LogP) is 3.30. The minimum absolute atomic E-state index is 0. The smallest absolute Gasteiger partial charge is 0.676 e. The molecule has 11 heavy (non-hydrogen) atoms. The molecule has 0 saturated heterocycles. The first-order valence-corrected chi connectivity index (χ1v) is 3.43. The van der Waals surface area contributed by atoms with Crippen LogP contribution in [-0.4, -0.2) is 12.1 Å². The zero-order chi connectivity index (χ0) is 7.28. The summed E-state index contributed by atoms with van der Waals surface area (Å²) in [6, 6.07) is -0.139. The summed E-state index contributed by atoms with van der Waals surface area (Å²) in [6.45, 7) is 5.00. The molecule has 0 aromatic rings. The quantitative estimate of drug-likeness (QED) is 0.609. The van der Waals surface area contributed by atoms with Crippen LogP contribution in [0.3, 0.4) is 0 Å². The first kappa shape index (κ1) is 17.6. The van der Waals surface area contributed by atoms with Gasteiger partial charge in [0.1, 0.15) is 0 Å². The third-order valence-electron chi connectivity index (χ3n) is 1.52. The second-order valence-corrected chi connectivity index (χ2v) is 2.14. The van der Waals surface area contributed by atoms with Crippen LogP contribution in [0.2, 0.25) is 0 Å². The van der Waals surface area contributed by atoms with Gasteiger partial charge in [0, 0.05) is 0 Å². The van der Waals surface area contributed by atoms with Gasteiger partial charge in [-0.25, -0.2) is 0 Å². The molecular weight excluding hydrogens is 319 g/mol. The summed E-state index contributed by atoms with van der Waals surface area (Å²) >= 11 is 0. The minimum Gasteiger partial charge on any atom is -0.676 e. The largest absolute Gasteiger partial charge is 4.00 e. The maximum absolute atomic E-state index is 7.15. The number of hydrogen-bond acceptors (Lipinski definition) is 0. The van der Waals surface area contributed by atoms with Crippen molar-refractivity contribution in [3.8, 4) is 0 Å². The van der Waals surface area contributed by atoms with Gasteiger partial charge in [0.05, 0.1) is 0 Å². The third kappa shape index (κ3) is 6.99. The van der Waals surface area contributed by atoms with Crippen LogP contribution in [0.1, 0.15) is 26.2 Å². The van der Waals surface area contributed by atoms with Crippen LogP contribution in [0.25, 0.3) is 11.5 Å². The zero-order valence-electron chi connectivity index (χ0n) is 7.30. The van der Waals surface area contributed by atoms with Gasteiger partial charge >= 0.3 is 21.1 Å². The molecule has 1 fully saturated rings. The number of nitrogens with one attached hydrogen (secondary N) is 2. The Hall–Kier alpha value is 0.608. The number of hydrogen-bond donors (Lipinski definition) is 0. The molecule has 2 N–H and O–H groups in total. The van der Waals surface area contributed by atoms with Crippen LogP contribution in [-0.2, 0) is 21.1 Å². The second kappa shape index (κ2) is 10.6. The Bertz CT molecular complexity index is 61.1. The van der Waals surface area contributed by atoms with Crippen molar-refractivity contribution in [3.05, 3.63) is 25.8 Å². The van der Waals surface area contributed by atoms with Crippen LogP contribution in [0.4, 0.5) is 0 Å². The van der Waals surface area contributed by atoms with E-state index in [-0.39, 0.29) is 40.6 Å². The van der Waals surface area contributed by atoms with E-state index in [0.29, 0.717) is 0 Å². The van der Waals surface area contributed by atoms with Crippen molar-refractivity contribution < 1.29 is 21.1 Å². The van der Waals surface area contributed by atoms with E-state index in [0.717, 1.165) is 19.3 Å². The molecule has 1 aliphatic rings. The van der Waals surface area contributed by atoms with E-state index in [9.17, 15) is 0 Å². The molecule has 0 aliphatic heterocycles. The van der Waals surface area contributed by atoms with E-state index in [1.165, 1.54) is 0 Å². The molecule has 2 atom stereocenters. The van der Waals surface area contributed by atoms with Crippen molar-refractivity contribution >= 4 is 0 Å². The molecule has 0 radical (unpaired) electrons. The Kier molecular flexibility index (Phi) is 17.0. The standard InChI is InChI=1S/C5H10N2.C2H5.CH3.Pt/c6-4-2-1-3-5(4)7;1-2;;/h4-7H,1-3H2;1H2,2H3;1H3;/q-2;2*-1;+4. The third-order valence-corrected chi connectivity index (χ3v) is 1.52. The van der Waals surface area contributed by atoms with Crippen LogP contribution < -0.4 is 0 Å². The van der Waals surface area contributed by atoms with Gasteiger partial charge in [0.25, 0.3) is 0 Å². The van der Waals surface area contributed by atoms with Gasteiger partial charge < -0.3 is 25.8 Å². The summed E-state index contributed by atoms with van der Waals surface area (Å²) in [5.41, 5.74) is 14.3. The topological polar surface area (TPSA) is 47.6 Å². The Labute approximate surface area is 85.4 Å². The van der Waals surface area contributed by atoms with Gasteiger partial charge in [-0.05, 0) is 0 Å². The maximum Gasteiger partial charge on any atom is 4.00 e. The molecule has 0 amide bonds. The molecule has 0 aromatic carbocycles. The molecule has 0 bridgehead atoms. The summed E-state index contributed by atoms with van der Waals surface area (Å²) in [7, 11) is 0. The molecule has 0 aromatic heterocycles. The summed E-state index contributed by atoms with van der Waals surface area (Å²) in [5.74, 6) is 0. The van der Waals surface area contributed by atoms with Crippen LogP contribution in [0, 0.1) is 14.4 Å². The summed E-state index contributed by atoms with van der Waals surface area (Å²) in [6.07, 6.45) is 3.00. The monoisotopic (exact) mass is 337 g/mol. The first-order valence-electron chi connectivity index (χ1n) is 3.43. The van der Waals surface area contributed by atoms with Crippen molar-refractivity contribution in [3.63, 3.8) is 0 Å². The van der Waals surface area contributed by atoms with E-state index in [4.69, 9.17) is 11.5 Å². The molecule has 70 valence electrons. The SMILES string of the molecule is [CH2-]C.[CH3-].[NH-]C1CCCC1[NH-].[Pt+4]. The summed E-state index contributed by atoms with van der Waals surface area (Å²) in [5, 5.41) is 0. The molecule has 1 aliphatic carbocycles. The van der Waals surface area contributed by atoms with E-state index < -0.39 is 0 Å². The fraction of sp³-hybridized carbons (Fsp3) is 0.750. The second-order valence-electron chi connectivity index (χ2n) is 2.14. The van der Waals surface area contributed by atoms with E-state index in [1.807, 2.05) is 0 Å². The molecule has 1 rings (SSSR count). The Morgan fingerprint density at radius 3 is 1.45 bits per heavy atom. The van der Waals surface area contributed by atoms with Crippen molar-refractivity contribution in [1.82, 2.24) is 0 Å². The van der Waals surface area contributed by atoms with Gasteiger partial charge in [-0.2, -0.15) is 19.0 Å². The van der Waals surface area contributed by atoms with Crippen molar-refractivity contribution in [2.45, 2.75) is 38.3 Å². The number of rotatable bonds is 0. The van der Waals surface area contributed by atoms with Crippen LogP contribution in [0.15, 0.2) is 0 Å². The minimum atomic E-state index is -0.0694. The average molecular weight is 337 g/mol. The molecule has 0 spiro atoms. The van der Waals surface area contributed by atoms with E-state index in [1.54, 1.807) is 6.92 Å². The molecule has 1 saturated carbocycles. The van der Waals surface area contributed by atoms with Crippen LogP contribution >= 0.6 is 0 Å². The Morgan fingerprint density at radius 1 is 1.09 bits per heavy atom. The van der Waals surface area contributed by atoms with Gasteiger partial charge in [-0.15, -0.1) is 0 Å². The van der Waals surface area contributed by atoms with Gasteiger partial charge in [0.15, 0.2) is 0 Å². The Balaban J connectivity index is -0.000000149. The Morgan fingerprint density at radius 2 is 1.36 bits per heavy atom. The van der Waals surface area contributed by atoms with Crippen molar-refractivity contribution in [2.24, 2.45) is 0 Å². The van der Waals surface area contributed by atoms with Crippen LogP contribution in [0.5, 0.6) is 0 Å². The van der Waals surface area contributed by atoms with Crippen molar-refractivity contribution in [2.75, 3.05) is 0 Å². The van der Waals surface area contributed by atoms with Crippen molar-refractivity contribution in [1.29, 1.82) is 0 Å². The fourth-order valence-corrected chi connectivity index (χ4v) is 0.960. The predicted molar refractivity (Wildman–Crippen MR) is 47.5 cm³/mol. The summed E-state index contributed by atoms with van der Waals surface area (Å²) in [4.78, 5) is 0. The first-order chi connectivity index (χ1) is 4.30. The molecule has 0 heterocycles. The van der Waals surface area contributed by atoms with Gasteiger partial charge in [-0.1, -0.05) is 19.3 Å². The van der Waals surface area contributed by atoms with Gasteiger partial charge in [0.2, 0.25) is 0 Å². The van der Waals surface area contributed by atoms with E-state index in [2.05, 4.69) is 6.92 Å². The molecular formula is C8H18N2Pt. The fourth-order valence-electron chi connectivity index (χ4n) is 0.960. The average Bonchev–Trinajstić information content (AvgIpc) is 2.23. The molecule has 2 unspecified atom stereocenters. The molecule has 3 heteroatoms. The normalized spacial score (nSPS) is 27.3.